The fourth-order valence-electron chi connectivity index (χ4n) is 3.34. The predicted octanol–water partition coefficient (Wildman–Crippen LogP) is 3.06. The van der Waals surface area contributed by atoms with E-state index in [1.807, 2.05) is 0 Å². The highest BCUT2D eigenvalue weighted by Gasteiger charge is 2.34. The molecule has 1 heterocycles. The standard InChI is InChI=1S/C20H21Cl2N3O4S/c21-15-5-8-17(22)18(11-15)30(28,29)25-9-1-2-14(12-25)20(27)24-16-6-3-13(4-7-16)10-19(23)26/h3-8,11,14H,1-2,9-10,12H2,(H2,23,26)(H,24,27)/t14-/m0/s1. The van der Waals surface area contributed by atoms with E-state index in [1.54, 1.807) is 24.3 Å². The van der Waals surface area contributed by atoms with Crippen molar-refractivity contribution in [3.8, 4) is 0 Å². The average molecular weight is 470 g/mol. The van der Waals surface area contributed by atoms with E-state index in [2.05, 4.69) is 5.32 Å². The van der Waals surface area contributed by atoms with Crippen LogP contribution in [0.25, 0.3) is 0 Å². The number of nitrogens with zero attached hydrogens (tertiary/aromatic N) is 1. The second kappa shape index (κ2) is 9.34. The van der Waals surface area contributed by atoms with E-state index in [4.69, 9.17) is 28.9 Å². The van der Waals surface area contributed by atoms with E-state index in [-0.39, 0.29) is 33.8 Å². The molecular weight excluding hydrogens is 449 g/mol. The second-order valence-electron chi connectivity index (χ2n) is 7.11. The molecule has 2 amide bonds. The van der Waals surface area contributed by atoms with Crippen molar-refractivity contribution in [2.75, 3.05) is 18.4 Å². The van der Waals surface area contributed by atoms with Crippen LogP contribution >= 0.6 is 23.2 Å². The quantitative estimate of drug-likeness (QED) is 0.676. The Morgan fingerprint density at radius 1 is 1.13 bits per heavy atom. The van der Waals surface area contributed by atoms with Gasteiger partial charge in [-0.2, -0.15) is 4.31 Å². The summed E-state index contributed by atoms with van der Waals surface area (Å²) in [5, 5.41) is 3.15. The number of sulfonamides is 1. The summed E-state index contributed by atoms with van der Waals surface area (Å²) in [5.41, 5.74) is 6.48. The molecule has 1 aliphatic heterocycles. The molecule has 1 atom stereocenters. The Morgan fingerprint density at radius 2 is 1.83 bits per heavy atom. The van der Waals surface area contributed by atoms with Crippen molar-refractivity contribution in [2.45, 2.75) is 24.2 Å². The number of piperidine rings is 1. The Labute approximate surface area is 185 Å². The van der Waals surface area contributed by atoms with Crippen molar-refractivity contribution in [1.82, 2.24) is 4.31 Å². The summed E-state index contributed by atoms with van der Waals surface area (Å²) in [6.45, 7) is 0.355. The van der Waals surface area contributed by atoms with Gasteiger partial charge in [0.05, 0.1) is 17.4 Å². The Morgan fingerprint density at radius 3 is 2.50 bits per heavy atom. The molecule has 0 saturated carbocycles. The Balaban J connectivity index is 1.70. The van der Waals surface area contributed by atoms with Gasteiger partial charge in [-0.15, -0.1) is 0 Å². The first-order valence-corrected chi connectivity index (χ1v) is 11.5. The van der Waals surface area contributed by atoms with E-state index in [1.165, 1.54) is 22.5 Å². The van der Waals surface area contributed by atoms with Crippen molar-refractivity contribution in [3.05, 3.63) is 58.1 Å². The van der Waals surface area contributed by atoms with E-state index in [9.17, 15) is 18.0 Å². The number of nitrogens with two attached hydrogens (primary N) is 1. The molecule has 7 nitrogen and oxygen atoms in total. The number of benzene rings is 2. The third-order valence-electron chi connectivity index (χ3n) is 4.87. The van der Waals surface area contributed by atoms with Gasteiger partial charge in [-0.05, 0) is 48.7 Å². The largest absolute Gasteiger partial charge is 0.369 e. The van der Waals surface area contributed by atoms with Crippen LogP contribution in [0.5, 0.6) is 0 Å². The fraction of sp³-hybridized carbons (Fsp3) is 0.300. The van der Waals surface area contributed by atoms with Crippen LogP contribution < -0.4 is 11.1 Å². The Hall–Kier alpha value is -2.13. The van der Waals surface area contributed by atoms with Crippen LogP contribution in [-0.4, -0.2) is 37.6 Å². The Bertz CT molecular complexity index is 1060. The van der Waals surface area contributed by atoms with Gasteiger partial charge in [0.25, 0.3) is 0 Å². The molecule has 2 aromatic rings. The summed E-state index contributed by atoms with van der Waals surface area (Å²) in [6.07, 6.45) is 1.24. The molecule has 0 aromatic heterocycles. The van der Waals surface area contributed by atoms with Gasteiger partial charge in [-0.25, -0.2) is 8.42 Å². The van der Waals surface area contributed by atoms with Gasteiger partial charge in [0.1, 0.15) is 4.90 Å². The zero-order chi connectivity index (χ0) is 21.9. The molecule has 0 unspecified atom stereocenters. The maximum absolute atomic E-state index is 13.0. The van der Waals surface area contributed by atoms with Gasteiger partial charge in [0.15, 0.2) is 0 Å². The first-order valence-electron chi connectivity index (χ1n) is 9.30. The maximum Gasteiger partial charge on any atom is 0.244 e. The molecule has 0 spiro atoms. The smallest absolute Gasteiger partial charge is 0.244 e. The number of hydrogen-bond acceptors (Lipinski definition) is 4. The van der Waals surface area contributed by atoms with Crippen molar-refractivity contribution in [3.63, 3.8) is 0 Å². The number of anilines is 1. The lowest BCUT2D eigenvalue weighted by Gasteiger charge is -2.31. The Kier molecular flexibility index (Phi) is 7.02. The van der Waals surface area contributed by atoms with E-state index < -0.39 is 21.8 Å². The summed E-state index contributed by atoms with van der Waals surface area (Å²) in [7, 11) is -3.88. The molecule has 1 saturated heterocycles. The molecule has 1 fully saturated rings. The normalized spacial score (nSPS) is 17.5. The fourth-order valence-corrected chi connectivity index (χ4v) is 5.60. The summed E-state index contributed by atoms with van der Waals surface area (Å²) in [6, 6.07) is 11.0. The van der Waals surface area contributed by atoms with Crippen LogP contribution in [-0.2, 0) is 26.0 Å². The number of rotatable bonds is 6. The summed E-state index contributed by atoms with van der Waals surface area (Å²) < 4.78 is 27.3. The minimum atomic E-state index is -3.88. The highest BCUT2D eigenvalue weighted by Crippen LogP contribution is 2.30. The number of carbonyl (C=O) groups excluding carboxylic acids is 2. The molecular formula is C20H21Cl2N3O4S. The molecule has 10 heteroatoms. The summed E-state index contributed by atoms with van der Waals surface area (Å²) >= 11 is 12.0. The van der Waals surface area contributed by atoms with E-state index >= 15 is 0 Å². The van der Waals surface area contributed by atoms with Crippen molar-refractivity contribution < 1.29 is 18.0 Å². The van der Waals surface area contributed by atoms with Crippen LogP contribution in [0.1, 0.15) is 18.4 Å². The van der Waals surface area contributed by atoms with Crippen molar-refractivity contribution in [2.24, 2.45) is 11.7 Å². The molecule has 1 aliphatic rings. The van der Waals surface area contributed by atoms with Crippen molar-refractivity contribution >= 4 is 50.7 Å². The first-order chi connectivity index (χ1) is 14.2. The minimum Gasteiger partial charge on any atom is -0.369 e. The van der Waals surface area contributed by atoms with Crippen LogP contribution in [0, 0.1) is 5.92 Å². The van der Waals surface area contributed by atoms with Gasteiger partial charge < -0.3 is 11.1 Å². The molecule has 3 N–H and O–H groups in total. The lowest BCUT2D eigenvalue weighted by Crippen LogP contribution is -2.43. The first kappa shape index (κ1) is 22.6. The van der Waals surface area contributed by atoms with Gasteiger partial charge >= 0.3 is 0 Å². The highest BCUT2D eigenvalue weighted by atomic mass is 35.5. The van der Waals surface area contributed by atoms with E-state index in [0.717, 1.165) is 5.56 Å². The average Bonchev–Trinajstić information content (AvgIpc) is 2.71. The number of carbonyl (C=O) groups is 2. The molecule has 160 valence electrons. The molecule has 30 heavy (non-hydrogen) atoms. The molecule has 0 aliphatic carbocycles. The molecule has 0 radical (unpaired) electrons. The predicted molar refractivity (Wildman–Crippen MR) is 116 cm³/mol. The minimum absolute atomic E-state index is 0.0523. The SMILES string of the molecule is NC(=O)Cc1ccc(NC(=O)[C@H]2CCCN(S(=O)(=O)c3cc(Cl)ccc3Cl)C2)cc1. The summed E-state index contributed by atoms with van der Waals surface area (Å²) in [5.74, 6) is -1.21. The number of amides is 2. The zero-order valence-corrected chi connectivity index (χ0v) is 18.3. The number of primary amides is 1. The van der Waals surface area contributed by atoms with Crippen LogP contribution in [0.4, 0.5) is 5.69 Å². The van der Waals surface area contributed by atoms with Gasteiger partial charge in [-0.3, -0.25) is 9.59 Å². The third-order valence-corrected chi connectivity index (χ3v) is 7.45. The lowest BCUT2D eigenvalue weighted by molar-refractivity contribution is -0.121. The molecule has 0 bridgehead atoms. The number of nitrogens with one attached hydrogen (secondary N) is 1. The van der Waals surface area contributed by atoms with Gasteiger partial charge in [0.2, 0.25) is 21.8 Å². The zero-order valence-electron chi connectivity index (χ0n) is 16.0. The second-order valence-corrected chi connectivity index (χ2v) is 9.86. The third kappa shape index (κ3) is 5.31. The lowest BCUT2D eigenvalue weighted by atomic mass is 9.98. The summed E-state index contributed by atoms with van der Waals surface area (Å²) in [4.78, 5) is 23.6. The van der Waals surface area contributed by atoms with E-state index in [0.29, 0.717) is 25.1 Å². The topological polar surface area (TPSA) is 110 Å². The van der Waals surface area contributed by atoms with Crippen LogP contribution in [0.3, 0.4) is 0 Å². The van der Waals surface area contributed by atoms with Crippen LogP contribution in [0.15, 0.2) is 47.4 Å². The number of hydrogen-bond donors (Lipinski definition) is 2. The number of halogens is 2. The maximum atomic E-state index is 13.0. The van der Waals surface area contributed by atoms with Crippen molar-refractivity contribution in [1.29, 1.82) is 0 Å². The van der Waals surface area contributed by atoms with Crippen LogP contribution in [0.2, 0.25) is 10.0 Å². The highest BCUT2D eigenvalue weighted by molar-refractivity contribution is 7.89. The van der Waals surface area contributed by atoms with Gasteiger partial charge in [0, 0.05) is 23.8 Å². The molecule has 3 rings (SSSR count). The molecule has 2 aromatic carbocycles. The van der Waals surface area contributed by atoms with Gasteiger partial charge in [-0.1, -0.05) is 35.3 Å². The monoisotopic (exact) mass is 469 g/mol.